The summed E-state index contributed by atoms with van der Waals surface area (Å²) in [6, 6.07) is 7.29. The van der Waals surface area contributed by atoms with Crippen molar-refractivity contribution < 1.29 is 9.53 Å². The van der Waals surface area contributed by atoms with Crippen LogP contribution in [0.4, 0.5) is 0 Å². The number of benzene rings is 1. The molecular weight excluding hydrogens is 279 g/mol. The van der Waals surface area contributed by atoms with E-state index in [1.807, 2.05) is 26.0 Å². The zero-order valence-corrected chi connectivity index (χ0v) is 10.9. The third-order valence-corrected chi connectivity index (χ3v) is 2.65. The lowest BCUT2D eigenvalue weighted by Crippen LogP contribution is -2.29. The van der Waals surface area contributed by atoms with E-state index in [1.165, 1.54) is 0 Å². The van der Waals surface area contributed by atoms with E-state index >= 15 is 0 Å². The van der Waals surface area contributed by atoms with E-state index in [9.17, 15) is 4.79 Å². The van der Waals surface area contributed by atoms with Gasteiger partial charge in [0.25, 0.3) is 5.24 Å². The van der Waals surface area contributed by atoms with E-state index in [2.05, 4.69) is 15.9 Å². The lowest BCUT2D eigenvalue weighted by molar-refractivity contribution is -0.119. The van der Waals surface area contributed by atoms with Gasteiger partial charge in [0, 0.05) is 4.47 Å². The van der Waals surface area contributed by atoms with Gasteiger partial charge >= 0.3 is 0 Å². The van der Waals surface area contributed by atoms with Crippen LogP contribution in [0.1, 0.15) is 13.8 Å². The highest BCUT2D eigenvalue weighted by molar-refractivity contribution is 9.10. The second-order valence-electron chi connectivity index (χ2n) is 3.54. The van der Waals surface area contributed by atoms with Crippen LogP contribution >= 0.6 is 27.5 Å². The first-order chi connectivity index (χ1) is 7.00. The zero-order valence-electron chi connectivity index (χ0n) is 8.54. The van der Waals surface area contributed by atoms with Crippen molar-refractivity contribution in [3.63, 3.8) is 0 Å². The van der Waals surface area contributed by atoms with Crippen LogP contribution in [0, 0.1) is 5.92 Å². The number of hydrogen-bond acceptors (Lipinski definition) is 2. The smallest absolute Gasteiger partial charge is 0.262 e. The Kier molecular flexibility index (Phi) is 4.61. The summed E-state index contributed by atoms with van der Waals surface area (Å²) in [4.78, 5) is 11.1. The number of halogens is 2. The number of carbonyl (C=O) groups is 1. The van der Waals surface area contributed by atoms with Crippen molar-refractivity contribution >= 4 is 32.8 Å². The molecule has 1 rings (SSSR count). The minimum Gasteiger partial charge on any atom is -0.481 e. The minimum absolute atomic E-state index is 0.0543. The summed E-state index contributed by atoms with van der Waals surface area (Å²) in [5.41, 5.74) is 0. The first-order valence-corrected chi connectivity index (χ1v) is 5.79. The molecule has 0 amide bonds. The molecule has 0 bridgehead atoms. The molecule has 0 aromatic heterocycles. The number of rotatable bonds is 4. The fourth-order valence-corrected chi connectivity index (χ4v) is 1.67. The topological polar surface area (TPSA) is 26.3 Å². The van der Waals surface area contributed by atoms with Crippen LogP contribution in [-0.4, -0.2) is 11.3 Å². The predicted molar refractivity (Wildman–Crippen MR) is 64.3 cm³/mol. The first kappa shape index (κ1) is 12.5. The Labute approximate surface area is 103 Å². The molecule has 0 aliphatic carbocycles. The monoisotopic (exact) mass is 290 g/mol. The van der Waals surface area contributed by atoms with Gasteiger partial charge < -0.3 is 4.74 Å². The Morgan fingerprint density at radius 2 is 1.87 bits per heavy atom. The van der Waals surface area contributed by atoms with Crippen molar-refractivity contribution in [1.82, 2.24) is 0 Å². The SMILES string of the molecule is CC(C)C(Oc1ccc(Br)cc1)C(=O)Cl. The van der Waals surface area contributed by atoms with Crippen LogP contribution in [0.15, 0.2) is 28.7 Å². The summed E-state index contributed by atoms with van der Waals surface area (Å²) in [7, 11) is 0. The van der Waals surface area contributed by atoms with Gasteiger partial charge in [-0.05, 0) is 41.8 Å². The van der Waals surface area contributed by atoms with Crippen molar-refractivity contribution in [2.24, 2.45) is 5.92 Å². The number of carbonyl (C=O) groups excluding carboxylic acids is 1. The van der Waals surface area contributed by atoms with Crippen LogP contribution in [0.25, 0.3) is 0 Å². The quantitative estimate of drug-likeness (QED) is 0.792. The molecule has 15 heavy (non-hydrogen) atoms. The summed E-state index contributed by atoms with van der Waals surface area (Å²) in [5.74, 6) is 0.699. The van der Waals surface area contributed by atoms with Crippen LogP contribution in [0.5, 0.6) is 5.75 Å². The lowest BCUT2D eigenvalue weighted by atomic mass is 10.1. The summed E-state index contributed by atoms with van der Waals surface area (Å²) in [6.45, 7) is 3.79. The second kappa shape index (κ2) is 5.52. The molecule has 1 unspecified atom stereocenters. The molecule has 0 radical (unpaired) electrons. The van der Waals surface area contributed by atoms with E-state index in [-0.39, 0.29) is 5.92 Å². The third-order valence-electron chi connectivity index (χ3n) is 1.91. The molecule has 0 aliphatic heterocycles. The summed E-state index contributed by atoms with van der Waals surface area (Å²) < 4.78 is 6.46. The maximum Gasteiger partial charge on any atom is 0.262 e. The fraction of sp³-hybridized carbons (Fsp3) is 0.364. The molecule has 1 atom stereocenters. The van der Waals surface area contributed by atoms with Gasteiger partial charge in [-0.15, -0.1) is 0 Å². The fourth-order valence-electron chi connectivity index (χ4n) is 1.10. The van der Waals surface area contributed by atoms with Crippen LogP contribution < -0.4 is 4.74 Å². The van der Waals surface area contributed by atoms with Crippen molar-refractivity contribution in [2.75, 3.05) is 0 Å². The van der Waals surface area contributed by atoms with Gasteiger partial charge in [-0.25, -0.2) is 0 Å². The molecule has 1 aromatic rings. The summed E-state index contributed by atoms with van der Waals surface area (Å²) >= 11 is 8.77. The van der Waals surface area contributed by atoms with Crippen LogP contribution in [0.2, 0.25) is 0 Å². The maximum atomic E-state index is 11.1. The van der Waals surface area contributed by atoms with E-state index in [1.54, 1.807) is 12.1 Å². The molecule has 4 heteroatoms. The van der Waals surface area contributed by atoms with Crippen LogP contribution in [-0.2, 0) is 4.79 Å². The Morgan fingerprint density at radius 1 is 1.33 bits per heavy atom. The zero-order chi connectivity index (χ0) is 11.4. The van der Waals surface area contributed by atoms with Gasteiger partial charge in [-0.3, -0.25) is 4.79 Å². The molecular formula is C11H12BrClO2. The van der Waals surface area contributed by atoms with Crippen molar-refractivity contribution in [3.8, 4) is 5.75 Å². The molecule has 82 valence electrons. The minimum atomic E-state index is -0.590. The standard InChI is InChI=1S/C11H12BrClO2/c1-7(2)10(11(13)14)15-9-5-3-8(12)4-6-9/h3-7,10H,1-2H3. The summed E-state index contributed by atoms with van der Waals surface area (Å²) in [6.07, 6.45) is -0.590. The highest BCUT2D eigenvalue weighted by Crippen LogP contribution is 2.20. The predicted octanol–water partition coefficient (Wildman–Crippen LogP) is 3.62. The van der Waals surface area contributed by atoms with Crippen molar-refractivity contribution in [2.45, 2.75) is 20.0 Å². The Hall–Kier alpha value is -0.540. The highest BCUT2D eigenvalue weighted by atomic mass is 79.9. The number of ether oxygens (including phenoxy) is 1. The largest absolute Gasteiger partial charge is 0.481 e. The van der Waals surface area contributed by atoms with Crippen molar-refractivity contribution in [3.05, 3.63) is 28.7 Å². The molecule has 0 saturated heterocycles. The molecule has 0 fully saturated rings. The third kappa shape index (κ3) is 3.84. The van der Waals surface area contributed by atoms with Gasteiger partial charge in [-0.2, -0.15) is 0 Å². The molecule has 1 aromatic carbocycles. The number of hydrogen-bond donors (Lipinski definition) is 0. The van der Waals surface area contributed by atoms with Gasteiger partial charge in [0.1, 0.15) is 5.75 Å². The normalized spacial score (nSPS) is 12.6. The van der Waals surface area contributed by atoms with Gasteiger partial charge in [0.2, 0.25) is 0 Å². The Morgan fingerprint density at radius 3 is 2.27 bits per heavy atom. The van der Waals surface area contributed by atoms with Crippen molar-refractivity contribution in [1.29, 1.82) is 0 Å². The molecule has 0 saturated carbocycles. The molecule has 0 heterocycles. The Bertz CT molecular complexity index is 335. The first-order valence-electron chi connectivity index (χ1n) is 4.62. The Balaban J connectivity index is 2.74. The highest BCUT2D eigenvalue weighted by Gasteiger charge is 2.22. The molecule has 0 spiro atoms. The molecule has 0 N–H and O–H groups in total. The van der Waals surface area contributed by atoms with E-state index in [0.29, 0.717) is 5.75 Å². The second-order valence-corrected chi connectivity index (χ2v) is 4.83. The average Bonchev–Trinajstić information content (AvgIpc) is 2.15. The maximum absolute atomic E-state index is 11.1. The lowest BCUT2D eigenvalue weighted by Gasteiger charge is -2.18. The average molecular weight is 292 g/mol. The molecule has 2 nitrogen and oxygen atoms in total. The molecule has 0 aliphatic rings. The van der Waals surface area contributed by atoms with E-state index in [4.69, 9.17) is 16.3 Å². The summed E-state index contributed by atoms with van der Waals surface area (Å²) in [5, 5.41) is -0.465. The van der Waals surface area contributed by atoms with Gasteiger partial charge in [-0.1, -0.05) is 29.8 Å². The van der Waals surface area contributed by atoms with E-state index in [0.717, 1.165) is 4.47 Å². The van der Waals surface area contributed by atoms with Gasteiger partial charge in [0.05, 0.1) is 0 Å². The van der Waals surface area contributed by atoms with Crippen LogP contribution in [0.3, 0.4) is 0 Å². The van der Waals surface area contributed by atoms with E-state index < -0.39 is 11.3 Å². The van der Waals surface area contributed by atoms with Gasteiger partial charge in [0.15, 0.2) is 6.10 Å².